The van der Waals surface area contributed by atoms with E-state index >= 15 is 0 Å². The first-order chi connectivity index (χ1) is 25.9. The van der Waals surface area contributed by atoms with Gasteiger partial charge in [-0.15, -0.1) is 5.10 Å². The van der Waals surface area contributed by atoms with Crippen LogP contribution in [0.15, 0.2) is 108 Å². The summed E-state index contributed by atoms with van der Waals surface area (Å²) in [7, 11) is 0. The first-order valence-corrected chi connectivity index (χ1v) is 19.0. The number of para-hydroxylation sites is 1. The molecular weight excluding hydrogens is 689 g/mol. The molecule has 12 heteroatoms. The highest BCUT2D eigenvalue weighted by Gasteiger charge is 2.38. The van der Waals surface area contributed by atoms with Crippen molar-refractivity contribution >= 4 is 23.6 Å². The second-order valence-corrected chi connectivity index (χ2v) is 14.2. The minimum Gasteiger partial charge on any atom is -0.392 e. The van der Waals surface area contributed by atoms with E-state index in [9.17, 15) is 14.7 Å². The number of unbranched alkanes of at least 4 members (excludes halogenated alkanes) is 2. The summed E-state index contributed by atoms with van der Waals surface area (Å²) >= 11 is 1.55. The molecule has 1 aromatic heterocycles. The van der Waals surface area contributed by atoms with Gasteiger partial charge >= 0.3 is 0 Å². The zero-order chi connectivity index (χ0) is 37.0. The smallest absolute Gasteiger partial charge is 0.220 e. The molecule has 0 spiro atoms. The van der Waals surface area contributed by atoms with E-state index in [-0.39, 0.29) is 36.5 Å². The van der Waals surface area contributed by atoms with Gasteiger partial charge in [-0.3, -0.25) is 9.59 Å². The van der Waals surface area contributed by atoms with Crippen LogP contribution in [0, 0.1) is 5.92 Å². The largest absolute Gasteiger partial charge is 0.392 e. The van der Waals surface area contributed by atoms with Crippen molar-refractivity contribution in [3.8, 4) is 16.8 Å². The minimum atomic E-state index is -0.634. The fourth-order valence-corrected chi connectivity index (χ4v) is 7.39. The molecule has 0 radical (unpaired) electrons. The number of benzene rings is 4. The van der Waals surface area contributed by atoms with Gasteiger partial charge in [0.15, 0.2) is 6.29 Å². The number of hydrogen-bond donors (Lipinski definition) is 3. The van der Waals surface area contributed by atoms with E-state index in [2.05, 4.69) is 57.3 Å². The van der Waals surface area contributed by atoms with E-state index in [0.29, 0.717) is 30.4 Å². The van der Waals surface area contributed by atoms with E-state index in [1.54, 1.807) is 16.4 Å². The van der Waals surface area contributed by atoms with Crippen molar-refractivity contribution in [2.24, 2.45) is 5.92 Å². The number of nitrogens with zero attached hydrogens (tertiary/aromatic N) is 4. The Kier molecular flexibility index (Phi) is 13.4. The zero-order valence-electron chi connectivity index (χ0n) is 30.1. The van der Waals surface area contributed by atoms with Gasteiger partial charge in [-0.25, -0.2) is 0 Å². The molecule has 1 fully saturated rings. The summed E-state index contributed by atoms with van der Waals surface area (Å²) in [6, 6.07) is 34.1. The van der Waals surface area contributed by atoms with Gasteiger partial charge in [0.25, 0.3) is 0 Å². The van der Waals surface area contributed by atoms with Gasteiger partial charge in [-0.1, -0.05) is 104 Å². The van der Waals surface area contributed by atoms with Gasteiger partial charge in [-0.2, -0.15) is 4.68 Å². The Balaban J connectivity index is 1.15. The molecule has 11 nitrogen and oxygen atoms in total. The molecule has 1 aliphatic heterocycles. The second kappa shape index (κ2) is 18.7. The summed E-state index contributed by atoms with van der Waals surface area (Å²) in [6.45, 7) is 4.70. The lowest BCUT2D eigenvalue weighted by Gasteiger charge is -2.41. The van der Waals surface area contributed by atoms with Crippen LogP contribution in [-0.2, 0) is 32.2 Å². The number of carbonyl (C=O) groups is 2. The summed E-state index contributed by atoms with van der Waals surface area (Å²) < 4.78 is 15.2. The average molecular weight is 735 g/mol. The van der Waals surface area contributed by atoms with Crippen LogP contribution in [0.4, 0.5) is 0 Å². The quantitative estimate of drug-likeness (QED) is 0.0745. The van der Waals surface area contributed by atoms with Gasteiger partial charge < -0.3 is 25.2 Å². The number of ether oxygens (including phenoxy) is 2. The lowest BCUT2D eigenvalue weighted by molar-refractivity contribution is -0.268. The lowest BCUT2D eigenvalue weighted by atomic mass is 9.91. The van der Waals surface area contributed by atoms with E-state index < -0.39 is 6.29 Å². The number of aliphatic hydroxyl groups is 1. The number of hydrogen-bond acceptors (Lipinski definition) is 9. The lowest BCUT2D eigenvalue weighted by Crippen LogP contribution is -2.38. The molecule has 53 heavy (non-hydrogen) atoms. The van der Waals surface area contributed by atoms with Crippen molar-refractivity contribution in [2.45, 2.75) is 76.3 Å². The number of carbonyl (C=O) groups excluding carboxylic acids is 2. The standard InChI is InChI=1S/C41H46N6O5S/c1-28-37(27-53-41-44-45-46-47(41)36-15-5-3-6-16-36)51-40(52-39(28)32-20-18-30(26-48)19-21-32)35-14-10-13-34(24-35)33-12-9-11-31(23-33)25-43-38(50)17-7-4-8-22-42-29(2)49/h3,5-6,9-16,18-21,23-24,28,37,39-40,48H,4,7-8,17,22,25-27H2,1-2H3,(H,42,49)(H,43,50)/t28-,37+,39+,40+/m0/s1. The number of thioether (sulfide) groups is 1. The monoisotopic (exact) mass is 734 g/mol. The predicted octanol–water partition coefficient (Wildman–Crippen LogP) is 6.72. The molecule has 2 amide bonds. The van der Waals surface area contributed by atoms with Crippen molar-refractivity contribution in [1.29, 1.82) is 0 Å². The Morgan fingerprint density at radius 3 is 2.38 bits per heavy atom. The summed E-state index contributed by atoms with van der Waals surface area (Å²) in [5.41, 5.74) is 6.68. The highest BCUT2D eigenvalue weighted by Crippen LogP contribution is 2.43. The molecule has 0 unspecified atom stereocenters. The number of tetrazole rings is 1. The van der Waals surface area contributed by atoms with E-state index in [0.717, 1.165) is 58.3 Å². The average Bonchev–Trinajstić information content (AvgIpc) is 3.67. The molecule has 6 rings (SSSR count). The highest BCUT2D eigenvalue weighted by atomic mass is 32.2. The number of amides is 2. The summed E-state index contributed by atoms with van der Waals surface area (Å²) in [4.78, 5) is 23.5. The summed E-state index contributed by atoms with van der Waals surface area (Å²) in [6.07, 6.45) is 1.89. The molecule has 0 bridgehead atoms. The molecule has 1 aliphatic rings. The number of aromatic nitrogens is 4. The third kappa shape index (κ3) is 10.4. The van der Waals surface area contributed by atoms with E-state index in [1.807, 2.05) is 78.9 Å². The van der Waals surface area contributed by atoms with Gasteiger partial charge in [0.2, 0.25) is 17.0 Å². The maximum absolute atomic E-state index is 12.5. The third-order valence-corrected chi connectivity index (χ3v) is 10.3. The molecule has 5 aromatic rings. The van der Waals surface area contributed by atoms with Crippen molar-refractivity contribution in [3.05, 3.63) is 125 Å². The predicted molar refractivity (Wildman–Crippen MR) is 204 cm³/mol. The number of rotatable bonds is 16. The van der Waals surface area contributed by atoms with Crippen LogP contribution in [-0.4, -0.2) is 55.5 Å². The second-order valence-electron chi connectivity index (χ2n) is 13.2. The Labute approximate surface area is 314 Å². The molecule has 1 saturated heterocycles. The molecule has 276 valence electrons. The topological polar surface area (TPSA) is 140 Å². The Bertz CT molecular complexity index is 1940. The normalized spacial score (nSPS) is 18.4. The van der Waals surface area contributed by atoms with Crippen LogP contribution in [0.3, 0.4) is 0 Å². The summed E-state index contributed by atoms with van der Waals surface area (Å²) in [5, 5.41) is 28.6. The van der Waals surface area contributed by atoms with E-state index in [1.165, 1.54) is 6.92 Å². The molecule has 0 aliphatic carbocycles. The van der Waals surface area contributed by atoms with Crippen LogP contribution < -0.4 is 10.6 Å². The first-order valence-electron chi connectivity index (χ1n) is 18.1. The highest BCUT2D eigenvalue weighted by molar-refractivity contribution is 7.99. The van der Waals surface area contributed by atoms with Gasteiger partial charge in [-0.05, 0) is 75.4 Å². The summed E-state index contributed by atoms with van der Waals surface area (Å²) in [5.74, 6) is 0.585. The van der Waals surface area contributed by atoms with Crippen LogP contribution in [0.25, 0.3) is 16.8 Å². The molecule has 4 aromatic carbocycles. The fraction of sp³-hybridized carbons (Fsp3) is 0.341. The maximum atomic E-state index is 12.5. The minimum absolute atomic E-state index is 0.00130. The first kappa shape index (κ1) is 37.9. The Morgan fingerprint density at radius 2 is 1.60 bits per heavy atom. The number of nitrogens with one attached hydrogen (secondary N) is 2. The van der Waals surface area contributed by atoms with Crippen molar-refractivity contribution in [1.82, 2.24) is 30.8 Å². The maximum Gasteiger partial charge on any atom is 0.220 e. The van der Waals surface area contributed by atoms with Crippen molar-refractivity contribution in [3.63, 3.8) is 0 Å². The molecule has 2 heterocycles. The zero-order valence-corrected chi connectivity index (χ0v) is 30.9. The van der Waals surface area contributed by atoms with Gasteiger partial charge in [0, 0.05) is 43.7 Å². The molecule has 3 N–H and O–H groups in total. The third-order valence-electron chi connectivity index (χ3n) is 9.31. The number of aliphatic hydroxyl groups excluding tert-OH is 1. The SMILES string of the molecule is CC(=O)NCCCCCC(=O)NCc1cccc(-c2cccc([C@@H]3O[C@H](CSc4nnnn4-c4ccccc4)[C@H](C)[C@H](c4ccc(CO)cc4)O3)c2)c1. The van der Waals surface area contributed by atoms with Gasteiger partial charge in [0.05, 0.1) is 24.5 Å². The van der Waals surface area contributed by atoms with Crippen LogP contribution in [0.1, 0.15) is 74.2 Å². The molecule has 4 atom stereocenters. The van der Waals surface area contributed by atoms with Gasteiger partial charge in [0.1, 0.15) is 0 Å². The van der Waals surface area contributed by atoms with Crippen LogP contribution in [0.5, 0.6) is 0 Å². The van der Waals surface area contributed by atoms with Crippen molar-refractivity contribution in [2.75, 3.05) is 12.3 Å². The van der Waals surface area contributed by atoms with Crippen molar-refractivity contribution < 1.29 is 24.2 Å². The molecular formula is C41H46N6O5S. The van der Waals surface area contributed by atoms with E-state index in [4.69, 9.17) is 9.47 Å². The van der Waals surface area contributed by atoms with Crippen LogP contribution in [0.2, 0.25) is 0 Å². The molecule has 0 saturated carbocycles. The Morgan fingerprint density at radius 1 is 0.830 bits per heavy atom. The van der Waals surface area contributed by atoms with Crippen LogP contribution >= 0.6 is 11.8 Å². The Hall–Kier alpha value is -4.88. The fourth-order valence-electron chi connectivity index (χ4n) is 6.33.